The molecular formula is C14H17BrClN3. The van der Waals surface area contributed by atoms with Crippen LogP contribution >= 0.6 is 27.5 Å². The molecule has 3 nitrogen and oxygen atoms in total. The van der Waals surface area contributed by atoms with E-state index in [1.807, 2.05) is 37.1 Å². The molecule has 1 unspecified atom stereocenters. The summed E-state index contributed by atoms with van der Waals surface area (Å²) in [5.74, 6) is 0. The molecule has 5 heteroatoms. The molecule has 102 valence electrons. The first-order chi connectivity index (χ1) is 9.11. The first-order valence-electron chi connectivity index (χ1n) is 6.21. The maximum atomic E-state index is 6.28. The molecule has 0 saturated heterocycles. The van der Waals surface area contributed by atoms with Gasteiger partial charge < -0.3 is 5.32 Å². The van der Waals surface area contributed by atoms with Crippen molar-refractivity contribution in [2.45, 2.75) is 18.9 Å². The second-order valence-corrected chi connectivity index (χ2v) is 5.81. The van der Waals surface area contributed by atoms with Gasteiger partial charge in [0.05, 0.1) is 0 Å². The summed E-state index contributed by atoms with van der Waals surface area (Å²) in [6.45, 7) is 0. The molecule has 2 aromatic rings. The Morgan fingerprint density at radius 3 is 2.84 bits per heavy atom. The molecule has 2 rings (SSSR count). The number of benzene rings is 1. The van der Waals surface area contributed by atoms with Crippen LogP contribution in [0.2, 0.25) is 5.02 Å². The zero-order chi connectivity index (χ0) is 13.8. The van der Waals surface area contributed by atoms with Crippen LogP contribution in [-0.4, -0.2) is 16.8 Å². The van der Waals surface area contributed by atoms with Crippen molar-refractivity contribution < 1.29 is 0 Å². The van der Waals surface area contributed by atoms with Gasteiger partial charge in [0.1, 0.15) is 0 Å². The van der Waals surface area contributed by atoms with Gasteiger partial charge in [-0.05, 0) is 49.7 Å². The van der Waals surface area contributed by atoms with E-state index in [0.29, 0.717) is 0 Å². The number of hydrogen-bond donors (Lipinski definition) is 1. The van der Waals surface area contributed by atoms with Crippen molar-refractivity contribution in [3.05, 3.63) is 51.2 Å². The fraction of sp³-hybridized carbons (Fsp3) is 0.357. The maximum absolute atomic E-state index is 6.28. The van der Waals surface area contributed by atoms with Crippen molar-refractivity contribution in [2.24, 2.45) is 7.05 Å². The van der Waals surface area contributed by atoms with Gasteiger partial charge in [-0.25, -0.2) is 0 Å². The minimum absolute atomic E-state index is 0.236. The van der Waals surface area contributed by atoms with Gasteiger partial charge in [0.15, 0.2) is 0 Å². The number of aryl methyl sites for hydroxylation is 2. The van der Waals surface area contributed by atoms with Crippen LogP contribution in [0.25, 0.3) is 0 Å². The molecule has 0 aliphatic carbocycles. The number of nitrogens with one attached hydrogen (secondary N) is 1. The highest BCUT2D eigenvalue weighted by molar-refractivity contribution is 9.10. The Morgan fingerprint density at radius 1 is 1.42 bits per heavy atom. The van der Waals surface area contributed by atoms with E-state index >= 15 is 0 Å². The predicted octanol–water partition coefficient (Wildman–Crippen LogP) is 3.73. The number of nitrogens with zero attached hydrogens (tertiary/aromatic N) is 2. The second-order valence-electron chi connectivity index (χ2n) is 4.49. The van der Waals surface area contributed by atoms with E-state index in [1.165, 1.54) is 5.69 Å². The van der Waals surface area contributed by atoms with Gasteiger partial charge in [0, 0.05) is 34.5 Å². The molecule has 0 saturated carbocycles. The van der Waals surface area contributed by atoms with Crippen molar-refractivity contribution in [3.8, 4) is 0 Å². The number of hydrogen-bond acceptors (Lipinski definition) is 2. The van der Waals surface area contributed by atoms with Gasteiger partial charge in [0.2, 0.25) is 0 Å². The van der Waals surface area contributed by atoms with E-state index in [-0.39, 0.29) is 6.04 Å². The molecule has 1 atom stereocenters. The Labute approximate surface area is 127 Å². The molecule has 0 spiro atoms. The molecule has 1 N–H and O–H groups in total. The summed E-state index contributed by atoms with van der Waals surface area (Å²) in [4.78, 5) is 0. The minimum Gasteiger partial charge on any atom is -0.313 e. The first-order valence-corrected chi connectivity index (χ1v) is 7.38. The van der Waals surface area contributed by atoms with Crippen molar-refractivity contribution in [2.75, 3.05) is 7.05 Å². The molecule has 19 heavy (non-hydrogen) atoms. The summed E-state index contributed by atoms with van der Waals surface area (Å²) in [7, 11) is 3.93. The minimum atomic E-state index is 0.236. The highest BCUT2D eigenvalue weighted by Gasteiger charge is 2.14. The van der Waals surface area contributed by atoms with Crippen LogP contribution < -0.4 is 5.32 Å². The Bertz CT molecular complexity index is 553. The van der Waals surface area contributed by atoms with Crippen LogP contribution in [0.5, 0.6) is 0 Å². The van der Waals surface area contributed by atoms with Crippen molar-refractivity contribution in [1.82, 2.24) is 15.1 Å². The molecule has 0 aliphatic rings. The second kappa shape index (κ2) is 6.55. The molecule has 1 aromatic carbocycles. The number of halogens is 2. The monoisotopic (exact) mass is 341 g/mol. The van der Waals surface area contributed by atoms with Crippen LogP contribution in [-0.2, 0) is 13.5 Å². The number of aromatic nitrogens is 2. The third-order valence-electron chi connectivity index (χ3n) is 3.29. The van der Waals surface area contributed by atoms with Gasteiger partial charge in [-0.15, -0.1) is 0 Å². The van der Waals surface area contributed by atoms with Crippen LogP contribution in [0.3, 0.4) is 0 Å². The lowest BCUT2D eigenvalue weighted by atomic mass is 10.0. The molecule has 0 amide bonds. The first kappa shape index (κ1) is 14.6. The van der Waals surface area contributed by atoms with E-state index in [2.05, 4.69) is 38.5 Å². The smallest absolute Gasteiger partial charge is 0.0492 e. The van der Waals surface area contributed by atoms with Crippen LogP contribution in [0.1, 0.15) is 23.7 Å². The zero-order valence-electron chi connectivity index (χ0n) is 11.0. The van der Waals surface area contributed by atoms with Gasteiger partial charge in [-0.1, -0.05) is 27.5 Å². The fourth-order valence-electron chi connectivity index (χ4n) is 2.18. The highest BCUT2D eigenvalue weighted by Crippen LogP contribution is 2.29. The normalized spacial score (nSPS) is 12.6. The maximum Gasteiger partial charge on any atom is 0.0492 e. The van der Waals surface area contributed by atoms with E-state index in [9.17, 15) is 0 Å². The quantitative estimate of drug-likeness (QED) is 0.897. The summed E-state index contributed by atoms with van der Waals surface area (Å²) in [5.41, 5.74) is 2.35. The Kier molecular flexibility index (Phi) is 5.02. The topological polar surface area (TPSA) is 29.9 Å². The third-order valence-corrected chi connectivity index (χ3v) is 4.13. The highest BCUT2D eigenvalue weighted by atomic mass is 79.9. The zero-order valence-corrected chi connectivity index (χ0v) is 13.4. The summed E-state index contributed by atoms with van der Waals surface area (Å²) in [6.07, 6.45) is 3.77. The average molecular weight is 343 g/mol. The van der Waals surface area contributed by atoms with Gasteiger partial charge >= 0.3 is 0 Å². The molecule has 0 aliphatic heterocycles. The Balaban J connectivity index is 2.12. The fourth-order valence-corrected chi connectivity index (χ4v) is 2.80. The van der Waals surface area contributed by atoms with E-state index in [0.717, 1.165) is 27.9 Å². The van der Waals surface area contributed by atoms with Crippen molar-refractivity contribution in [1.29, 1.82) is 0 Å². The SMILES string of the molecule is CNC(CCc1ccnn1C)c1cc(Br)ccc1Cl. The predicted molar refractivity (Wildman–Crippen MR) is 82.5 cm³/mol. The summed E-state index contributed by atoms with van der Waals surface area (Å²) >= 11 is 9.78. The summed E-state index contributed by atoms with van der Waals surface area (Å²) in [6, 6.07) is 8.25. The lowest BCUT2D eigenvalue weighted by molar-refractivity contribution is 0.535. The molecule has 1 heterocycles. The van der Waals surface area contributed by atoms with E-state index in [4.69, 9.17) is 11.6 Å². The van der Waals surface area contributed by atoms with Gasteiger partial charge in [0.25, 0.3) is 0 Å². The lowest BCUT2D eigenvalue weighted by Crippen LogP contribution is -2.18. The molecule has 0 fully saturated rings. The van der Waals surface area contributed by atoms with Crippen LogP contribution in [0.4, 0.5) is 0 Å². The van der Waals surface area contributed by atoms with Gasteiger partial charge in [-0.2, -0.15) is 5.10 Å². The Morgan fingerprint density at radius 2 is 2.21 bits per heavy atom. The molecular weight excluding hydrogens is 326 g/mol. The number of rotatable bonds is 5. The average Bonchev–Trinajstić information content (AvgIpc) is 2.80. The summed E-state index contributed by atoms with van der Waals surface area (Å²) in [5, 5.41) is 8.32. The van der Waals surface area contributed by atoms with Gasteiger partial charge in [-0.3, -0.25) is 4.68 Å². The third kappa shape index (κ3) is 3.59. The molecule has 1 aromatic heterocycles. The van der Waals surface area contributed by atoms with E-state index in [1.54, 1.807) is 0 Å². The lowest BCUT2D eigenvalue weighted by Gasteiger charge is -2.18. The van der Waals surface area contributed by atoms with Crippen LogP contribution in [0.15, 0.2) is 34.9 Å². The Hall–Kier alpha value is -0.840. The van der Waals surface area contributed by atoms with E-state index < -0.39 is 0 Å². The molecule has 0 radical (unpaired) electrons. The standard InChI is InChI=1S/C14H17BrClN3/c1-17-14(6-4-11-7-8-18-19(11)2)12-9-10(15)3-5-13(12)16/h3,5,7-9,14,17H,4,6H2,1-2H3. The van der Waals surface area contributed by atoms with Crippen molar-refractivity contribution in [3.63, 3.8) is 0 Å². The van der Waals surface area contributed by atoms with Crippen LogP contribution in [0, 0.1) is 0 Å². The largest absolute Gasteiger partial charge is 0.313 e. The van der Waals surface area contributed by atoms with Crippen molar-refractivity contribution >= 4 is 27.5 Å². The molecule has 0 bridgehead atoms. The summed E-state index contributed by atoms with van der Waals surface area (Å²) < 4.78 is 2.96.